The van der Waals surface area contributed by atoms with Gasteiger partial charge in [-0.15, -0.1) is 11.8 Å². The Kier molecular flexibility index (Phi) is 7.51. The van der Waals surface area contributed by atoms with E-state index in [1.807, 2.05) is 73.0 Å². The molecule has 0 aliphatic carbocycles. The third-order valence-corrected chi connectivity index (χ3v) is 5.25. The van der Waals surface area contributed by atoms with Crippen LogP contribution < -0.4 is 10.1 Å². The number of likely N-dealkylation sites (N-methyl/N-ethyl adjacent to an activating group) is 1. The molecule has 6 heteroatoms. The van der Waals surface area contributed by atoms with Crippen molar-refractivity contribution in [3.05, 3.63) is 90.0 Å². The van der Waals surface area contributed by atoms with Gasteiger partial charge in [0.25, 0.3) is 5.91 Å². The number of anilines is 1. The fourth-order valence-electron chi connectivity index (χ4n) is 2.87. The molecule has 0 aliphatic rings. The minimum Gasteiger partial charge on any atom is -0.489 e. The minimum atomic E-state index is -0.236. The third-order valence-electron chi connectivity index (χ3n) is 4.46. The molecular formula is C24H24N2O3S. The molecule has 0 unspecified atom stereocenters. The summed E-state index contributed by atoms with van der Waals surface area (Å²) in [5.74, 6) is 0.352. The maximum Gasteiger partial charge on any atom is 0.254 e. The number of carbonyl (C=O) groups is 2. The molecule has 0 saturated heterocycles. The van der Waals surface area contributed by atoms with Crippen LogP contribution in [0.25, 0.3) is 0 Å². The largest absolute Gasteiger partial charge is 0.489 e. The Morgan fingerprint density at radius 2 is 1.60 bits per heavy atom. The first-order valence-electron chi connectivity index (χ1n) is 9.52. The lowest BCUT2D eigenvalue weighted by molar-refractivity contribution is -0.116. The van der Waals surface area contributed by atoms with Crippen LogP contribution in [0.4, 0.5) is 5.69 Å². The van der Waals surface area contributed by atoms with Crippen LogP contribution in [0.3, 0.4) is 0 Å². The molecular weight excluding hydrogens is 396 g/mol. The van der Waals surface area contributed by atoms with Crippen LogP contribution in [-0.2, 0) is 11.4 Å². The Balaban J connectivity index is 1.54. The third kappa shape index (κ3) is 5.87. The highest BCUT2D eigenvalue weighted by Gasteiger charge is 2.16. The number of carbonyl (C=O) groups excluding carboxylic acids is 2. The molecule has 3 rings (SSSR count). The molecule has 154 valence electrons. The molecule has 1 N–H and O–H groups in total. The van der Waals surface area contributed by atoms with E-state index in [-0.39, 0.29) is 18.4 Å². The van der Waals surface area contributed by atoms with E-state index in [2.05, 4.69) is 5.32 Å². The van der Waals surface area contributed by atoms with Crippen molar-refractivity contribution in [1.29, 1.82) is 0 Å². The number of hydrogen-bond acceptors (Lipinski definition) is 4. The Morgan fingerprint density at radius 3 is 2.30 bits per heavy atom. The van der Waals surface area contributed by atoms with Crippen molar-refractivity contribution in [2.45, 2.75) is 11.5 Å². The zero-order valence-electron chi connectivity index (χ0n) is 17.0. The topological polar surface area (TPSA) is 58.6 Å². The number of hydrogen-bond donors (Lipinski definition) is 1. The van der Waals surface area contributed by atoms with Crippen LogP contribution in [0.2, 0.25) is 0 Å². The lowest BCUT2D eigenvalue weighted by Gasteiger charge is -2.18. The zero-order chi connectivity index (χ0) is 21.3. The van der Waals surface area contributed by atoms with E-state index in [9.17, 15) is 9.59 Å². The molecule has 0 saturated carbocycles. The molecule has 0 radical (unpaired) electrons. The van der Waals surface area contributed by atoms with Gasteiger partial charge in [0.2, 0.25) is 5.91 Å². The number of rotatable bonds is 8. The zero-order valence-corrected chi connectivity index (χ0v) is 17.8. The number of amides is 2. The van der Waals surface area contributed by atoms with Crippen LogP contribution in [0.1, 0.15) is 15.9 Å². The van der Waals surface area contributed by atoms with Crippen LogP contribution >= 0.6 is 11.8 Å². The van der Waals surface area contributed by atoms with E-state index in [0.29, 0.717) is 12.2 Å². The Morgan fingerprint density at radius 1 is 0.933 bits per heavy atom. The smallest absolute Gasteiger partial charge is 0.254 e. The second-order valence-electron chi connectivity index (χ2n) is 6.71. The summed E-state index contributed by atoms with van der Waals surface area (Å²) < 4.78 is 5.72. The Hall–Kier alpha value is -3.25. The highest BCUT2D eigenvalue weighted by Crippen LogP contribution is 2.24. The monoisotopic (exact) mass is 420 g/mol. The van der Waals surface area contributed by atoms with Crippen molar-refractivity contribution in [1.82, 2.24) is 4.90 Å². The highest BCUT2D eigenvalue weighted by atomic mass is 32.2. The first-order valence-corrected chi connectivity index (χ1v) is 10.7. The Labute approximate surface area is 181 Å². The lowest BCUT2D eigenvalue weighted by atomic mass is 10.1. The first-order chi connectivity index (χ1) is 14.6. The molecule has 0 bridgehead atoms. The normalized spacial score (nSPS) is 10.3. The number of para-hydroxylation sites is 2. The van der Waals surface area contributed by atoms with Crippen molar-refractivity contribution in [3.63, 3.8) is 0 Å². The number of nitrogens with one attached hydrogen (secondary N) is 1. The van der Waals surface area contributed by atoms with E-state index in [1.165, 1.54) is 4.90 Å². The predicted octanol–water partition coefficient (Wildman–Crippen LogP) is 4.70. The molecule has 30 heavy (non-hydrogen) atoms. The summed E-state index contributed by atoms with van der Waals surface area (Å²) in [7, 11) is 1.62. The Bertz CT molecular complexity index is 991. The van der Waals surface area contributed by atoms with Crippen molar-refractivity contribution in [3.8, 4) is 5.75 Å². The molecule has 3 aromatic carbocycles. The maximum atomic E-state index is 12.7. The van der Waals surface area contributed by atoms with Crippen molar-refractivity contribution in [2.24, 2.45) is 0 Å². The average molecular weight is 421 g/mol. The molecule has 0 aromatic heterocycles. The molecule has 0 fully saturated rings. The predicted molar refractivity (Wildman–Crippen MR) is 121 cm³/mol. The number of ether oxygens (including phenoxy) is 1. The van der Waals surface area contributed by atoms with E-state index in [4.69, 9.17) is 4.74 Å². The summed E-state index contributed by atoms with van der Waals surface area (Å²) in [4.78, 5) is 27.4. The van der Waals surface area contributed by atoms with E-state index >= 15 is 0 Å². The van der Waals surface area contributed by atoms with Crippen LogP contribution in [-0.4, -0.2) is 36.6 Å². The van der Waals surface area contributed by atoms with E-state index in [1.54, 1.807) is 30.9 Å². The molecule has 0 aliphatic heterocycles. The minimum absolute atomic E-state index is 0.0274. The fourth-order valence-corrected chi connectivity index (χ4v) is 3.43. The quantitative estimate of drug-likeness (QED) is 0.537. The van der Waals surface area contributed by atoms with Crippen LogP contribution in [0.5, 0.6) is 5.75 Å². The molecule has 0 spiro atoms. The molecule has 0 heterocycles. The van der Waals surface area contributed by atoms with Gasteiger partial charge in [-0.05, 0) is 48.2 Å². The van der Waals surface area contributed by atoms with Gasteiger partial charge in [-0.2, -0.15) is 0 Å². The number of thioether (sulfide) groups is 1. The van der Waals surface area contributed by atoms with Gasteiger partial charge in [-0.3, -0.25) is 9.59 Å². The van der Waals surface area contributed by atoms with Gasteiger partial charge in [0.05, 0.1) is 12.2 Å². The van der Waals surface area contributed by atoms with Gasteiger partial charge < -0.3 is 15.0 Å². The summed E-state index contributed by atoms with van der Waals surface area (Å²) in [5, 5.41) is 2.87. The average Bonchev–Trinajstić information content (AvgIpc) is 2.78. The van der Waals surface area contributed by atoms with Gasteiger partial charge in [0.15, 0.2) is 0 Å². The van der Waals surface area contributed by atoms with Crippen LogP contribution in [0, 0.1) is 0 Å². The summed E-state index contributed by atoms with van der Waals surface area (Å²) in [6, 6.07) is 24.4. The molecule has 2 amide bonds. The van der Waals surface area contributed by atoms with Gasteiger partial charge in [-0.1, -0.05) is 42.5 Å². The van der Waals surface area contributed by atoms with Crippen molar-refractivity contribution >= 4 is 29.3 Å². The maximum absolute atomic E-state index is 12.7. The van der Waals surface area contributed by atoms with E-state index < -0.39 is 0 Å². The van der Waals surface area contributed by atoms with Gasteiger partial charge in [0, 0.05) is 17.5 Å². The van der Waals surface area contributed by atoms with Gasteiger partial charge in [-0.25, -0.2) is 0 Å². The van der Waals surface area contributed by atoms with Gasteiger partial charge in [0.1, 0.15) is 12.4 Å². The van der Waals surface area contributed by atoms with Crippen LogP contribution in [0.15, 0.2) is 83.8 Å². The second kappa shape index (κ2) is 10.5. The molecule has 3 aromatic rings. The fraction of sp³-hybridized carbons (Fsp3) is 0.167. The van der Waals surface area contributed by atoms with Gasteiger partial charge >= 0.3 is 0 Å². The molecule has 5 nitrogen and oxygen atoms in total. The summed E-state index contributed by atoms with van der Waals surface area (Å²) >= 11 is 1.56. The lowest BCUT2D eigenvalue weighted by Crippen LogP contribution is -2.35. The van der Waals surface area contributed by atoms with Crippen molar-refractivity contribution in [2.75, 3.05) is 25.2 Å². The number of benzene rings is 3. The standard InChI is InChI=1S/C24H24N2O3S/c1-26(16-23(27)25-21-10-6-7-11-22(21)30-2)24(28)19-14-12-18(13-15-19)17-29-20-8-4-3-5-9-20/h3-15H,16-17H2,1-2H3,(H,25,27). The molecule has 0 atom stereocenters. The summed E-state index contributed by atoms with van der Waals surface area (Å²) in [6.07, 6.45) is 1.95. The highest BCUT2D eigenvalue weighted by molar-refractivity contribution is 7.98. The second-order valence-corrected chi connectivity index (χ2v) is 7.56. The first kappa shape index (κ1) is 21.5. The summed E-state index contributed by atoms with van der Waals surface area (Å²) in [5.41, 5.74) is 2.24. The summed E-state index contributed by atoms with van der Waals surface area (Å²) in [6.45, 7) is 0.395. The van der Waals surface area contributed by atoms with E-state index in [0.717, 1.165) is 21.9 Å². The SMILES string of the molecule is CSc1ccccc1NC(=O)CN(C)C(=O)c1ccc(COc2ccccc2)cc1. The van der Waals surface area contributed by atoms with Crippen molar-refractivity contribution < 1.29 is 14.3 Å². The number of nitrogens with zero attached hydrogens (tertiary/aromatic N) is 1.